The van der Waals surface area contributed by atoms with Crippen molar-refractivity contribution in [3.05, 3.63) is 100 Å². The second kappa shape index (κ2) is 10.3. The molecule has 1 aliphatic rings. The van der Waals surface area contributed by atoms with Crippen molar-refractivity contribution in [2.75, 3.05) is 38.2 Å². The summed E-state index contributed by atoms with van der Waals surface area (Å²) in [5, 5.41) is 1.38. The molecule has 1 aliphatic heterocycles. The van der Waals surface area contributed by atoms with Crippen LogP contribution in [0, 0.1) is 6.92 Å². The smallest absolute Gasteiger partial charge is 0.255 e. The van der Waals surface area contributed by atoms with Gasteiger partial charge in [-0.05, 0) is 61.0 Å². The number of carbonyl (C=O) groups is 1. The van der Waals surface area contributed by atoms with Crippen LogP contribution in [0.4, 0.5) is 5.69 Å². The van der Waals surface area contributed by atoms with Crippen LogP contribution in [0.5, 0.6) is 5.75 Å². The van der Waals surface area contributed by atoms with E-state index in [2.05, 4.69) is 15.5 Å². The Labute approximate surface area is 221 Å². The second-order valence-corrected chi connectivity index (χ2v) is 9.67. The first-order valence-corrected chi connectivity index (χ1v) is 12.6. The number of hydrogen-bond acceptors (Lipinski definition) is 3. The predicted octanol–water partition coefficient (Wildman–Crippen LogP) is 6.73. The number of piperazine rings is 1. The maximum atomic E-state index is 13.8. The molecule has 0 aliphatic carbocycles. The van der Waals surface area contributed by atoms with E-state index < -0.39 is 0 Å². The number of carbonyl (C=O) groups excluding carboxylic acids is 1. The molecule has 1 amide bonds. The van der Waals surface area contributed by atoms with Crippen molar-refractivity contribution in [3.63, 3.8) is 0 Å². The largest absolute Gasteiger partial charge is 0.495 e. The fourth-order valence-corrected chi connectivity index (χ4v) is 5.10. The quantitative estimate of drug-likeness (QED) is 0.293. The van der Waals surface area contributed by atoms with E-state index in [1.54, 1.807) is 7.11 Å². The van der Waals surface area contributed by atoms with Crippen molar-refractivity contribution >= 4 is 34.8 Å². The van der Waals surface area contributed by atoms with Crippen molar-refractivity contribution in [2.45, 2.75) is 6.92 Å². The third kappa shape index (κ3) is 4.69. The number of amides is 1. The van der Waals surface area contributed by atoms with Gasteiger partial charge in [0.15, 0.2) is 0 Å². The van der Waals surface area contributed by atoms with E-state index in [0.717, 1.165) is 47.2 Å². The molecular weight excluding hydrogens is 493 g/mol. The first kappa shape index (κ1) is 24.3. The van der Waals surface area contributed by atoms with Crippen LogP contribution in [-0.2, 0) is 0 Å². The van der Waals surface area contributed by atoms with Crippen molar-refractivity contribution in [1.29, 1.82) is 0 Å². The van der Waals surface area contributed by atoms with Crippen molar-refractivity contribution in [1.82, 2.24) is 9.47 Å². The normalized spacial score (nSPS) is 13.7. The number of ether oxygens (including phenoxy) is 1. The molecule has 5 rings (SSSR count). The minimum absolute atomic E-state index is 0.0297. The van der Waals surface area contributed by atoms with Crippen molar-refractivity contribution < 1.29 is 9.53 Å². The van der Waals surface area contributed by atoms with Crippen LogP contribution in [-0.4, -0.2) is 48.7 Å². The average molecular weight is 520 g/mol. The monoisotopic (exact) mass is 519 g/mol. The Hall–Kier alpha value is -3.41. The van der Waals surface area contributed by atoms with Gasteiger partial charge in [0, 0.05) is 47.6 Å². The molecule has 0 saturated carbocycles. The van der Waals surface area contributed by atoms with E-state index >= 15 is 0 Å². The fraction of sp³-hybridized carbons (Fsp3) is 0.207. The highest BCUT2D eigenvalue weighted by molar-refractivity contribution is 6.31. The van der Waals surface area contributed by atoms with Gasteiger partial charge in [0.2, 0.25) is 0 Å². The molecule has 0 N–H and O–H groups in total. The van der Waals surface area contributed by atoms with Crippen LogP contribution >= 0.6 is 23.2 Å². The van der Waals surface area contributed by atoms with E-state index in [9.17, 15) is 4.79 Å². The van der Waals surface area contributed by atoms with Crippen molar-refractivity contribution in [3.8, 4) is 22.7 Å². The molecule has 0 bridgehead atoms. The lowest BCUT2D eigenvalue weighted by Gasteiger charge is -2.36. The summed E-state index contributed by atoms with van der Waals surface area (Å²) < 4.78 is 7.76. The molecule has 0 radical (unpaired) electrons. The molecule has 1 saturated heterocycles. The van der Waals surface area contributed by atoms with Gasteiger partial charge >= 0.3 is 0 Å². The number of nitrogens with zero attached hydrogens (tertiary/aromatic N) is 3. The van der Waals surface area contributed by atoms with Gasteiger partial charge < -0.3 is 19.1 Å². The molecule has 5 nitrogen and oxygen atoms in total. The zero-order chi connectivity index (χ0) is 25.2. The maximum absolute atomic E-state index is 13.8. The number of benzene rings is 3. The average Bonchev–Trinajstić information content (AvgIpc) is 3.25. The van der Waals surface area contributed by atoms with Gasteiger partial charge in [-0.3, -0.25) is 4.79 Å². The number of para-hydroxylation sites is 2. The number of aromatic nitrogens is 1. The summed E-state index contributed by atoms with van der Waals surface area (Å²) in [6, 6.07) is 25.3. The topological polar surface area (TPSA) is 37.7 Å². The standard InChI is InChI=1S/C29H27Cl2N3O2/c1-20-25(29(35)33-16-14-32(15-17-33)24-7-5-6-23(31)18-24)19-27(21-10-12-22(30)13-11-21)34(20)26-8-3-4-9-28(26)36-2/h3-13,18-19H,14-17H2,1-2H3. The Morgan fingerprint density at radius 2 is 1.56 bits per heavy atom. The predicted molar refractivity (Wildman–Crippen MR) is 147 cm³/mol. The number of hydrogen-bond donors (Lipinski definition) is 0. The zero-order valence-corrected chi connectivity index (χ0v) is 21.8. The van der Waals surface area contributed by atoms with Gasteiger partial charge in [0.25, 0.3) is 5.91 Å². The van der Waals surface area contributed by atoms with E-state index in [4.69, 9.17) is 27.9 Å². The fourth-order valence-electron chi connectivity index (χ4n) is 4.79. The molecular formula is C29H27Cl2N3O2. The zero-order valence-electron chi connectivity index (χ0n) is 20.2. The van der Waals surface area contributed by atoms with Crippen LogP contribution in [0.2, 0.25) is 10.0 Å². The molecule has 1 aromatic heterocycles. The SMILES string of the molecule is COc1ccccc1-n1c(-c2ccc(Cl)cc2)cc(C(=O)N2CCN(c3cccc(Cl)c3)CC2)c1C. The van der Waals surface area contributed by atoms with Gasteiger partial charge in [-0.2, -0.15) is 0 Å². The van der Waals surface area contributed by atoms with E-state index in [-0.39, 0.29) is 5.91 Å². The first-order valence-electron chi connectivity index (χ1n) is 11.9. The van der Waals surface area contributed by atoms with Gasteiger partial charge in [0.1, 0.15) is 5.75 Å². The lowest BCUT2D eigenvalue weighted by Crippen LogP contribution is -2.48. The Kier molecular flexibility index (Phi) is 6.95. The van der Waals surface area contributed by atoms with Gasteiger partial charge in [-0.1, -0.05) is 53.5 Å². The number of anilines is 1. The number of halogens is 2. The molecule has 0 unspecified atom stereocenters. The van der Waals surface area contributed by atoms with Crippen molar-refractivity contribution in [2.24, 2.45) is 0 Å². The molecule has 184 valence electrons. The molecule has 0 atom stereocenters. The van der Waals surface area contributed by atoms with E-state index in [1.165, 1.54) is 0 Å². The van der Waals surface area contributed by atoms with Gasteiger partial charge in [-0.15, -0.1) is 0 Å². The minimum Gasteiger partial charge on any atom is -0.495 e. The third-order valence-corrected chi connectivity index (χ3v) is 7.17. The van der Waals surface area contributed by atoms with Gasteiger partial charge in [0.05, 0.1) is 24.1 Å². The summed E-state index contributed by atoms with van der Waals surface area (Å²) in [4.78, 5) is 18.0. The van der Waals surface area contributed by atoms with Crippen LogP contribution < -0.4 is 9.64 Å². The van der Waals surface area contributed by atoms with Crippen LogP contribution in [0.3, 0.4) is 0 Å². The first-order chi connectivity index (χ1) is 17.5. The Morgan fingerprint density at radius 3 is 2.25 bits per heavy atom. The Balaban J connectivity index is 1.48. The third-order valence-electron chi connectivity index (χ3n) is 6.68. The molecule has 2 heterocycles. The summed E-state index contributed by atoms with van der Waals surface area (Å²) in [6.07, 6.45) is 0. The highest BCUT2D eigenvalue weighted by atomic mass is 35.5. The van der Waals surface area contributed by atoms with Gasteiger partial charge in [-0.25, -0.2) is 0 Å². The summed E-state index contributed by atoms with van der Waals surface area (Å²) >= 11 is 12.3. The lowest BCUT2D eigenvalue weighted by molar-refractivity contribution is 0.0746. The Morgan fingerprint density at radius 1 is 0.833 bits per heavy atom. The van der Waals surface area contributed by atoms with E-state index in [1.807, 2.05) is 84.6 Å². The molecule has 0 spiro atoms. The number of rotatable bonds is 5. The summed E-state index contributed by atoms with van der Waals surface area (Å²) in [5.74, 6) is 0.766. The lowest BCUT2D eigenvalue weighted by atomic mass is 10.1. The summed E-state index contributed by atoms with van der Waals surface area (Å²) in [5.41, 5.74) is 5.40. The number of methoxy groups -OCH3 is 1. The van der Waals surface area contributed by atoms with Crippen LogP contribution in [0.15, 0.2) is 78.9 Å². The summed E-state index contributed by atoms with van der Waals surface area (Å²) in [7, 11) is 1.66. The highest BCUT2D eigenvalue weighted by Gasteiger charge is 2.27. The van der Waals surface area contributed by atoms with Crippen LogP contribution in [0.25, 0.3) is 16.9 Å². The van der Waals surface area contributed by atoms with E-state index in [0.29, 0.717) is 28.7 Å². The van der Waals surface area contributed by atoms with Crippen LogP contribution in [0.1, 0.15) is 16.1 Å². The minimum atomic E-state index is 0.0297. The Bertz CT molecular complexity index is 1390. The highest BCUT2D eigenvalue weighted by Crippen LogP contribution is 2.34. The molecule has 3 aromatic carbocycles. The summed E-state index contributed by atoms with van der Waals surface area (Å²) in [6.45, 7) is 4.77. The molecule has 7 heteroatoms. The molecule has 36 heavy (non-hydrogen) atoms. The molecule has 1 fully saturated rings. The molecule has 4 aromatic rings. The second-order valence-electron chi connectivity index (χ2n) is 8.80. The maximum Gasteiger partial charge on any atom is 0.255 e.